The second-order valence-corrected chi connectivity index (χ2v) is 9.28. The van der Waals surface area contributed by atoms with Gasteiger partial charge in [-0.3, -0.25) is 9.00 Å². The monoisotopic (exact) mass is 407 g/mol. The van der Waals surface area contributed by atoms with Gasteiger partial charge >= 0.3 is 0 Å². The lowest BCUT2D eigenvalue weighted by Gasteiger charge is -2.32. The Kier molecular flexibility index (Phi) is 8.07. The number of nitrogens with zero attached hydrogens (tertiary/aromatic N) is 1. The van der Waals surface area contributed by atoms with Crippen molar-refractivity contribution in [1.82, 2.24) is 4.90 Å². The van der Waals surface area contributed by atoms with Crippen LogP contribution in [0.2, 0.25) is 0 Å². The molecule has 1 aliphatic rings. The molecule has 1 saturated heterocycles. The van der Waals surface area contributed by atoms with Gasteiger partial charge in [-0.25, -0.2) is 0 Å². The SMILES string of the molecule is CS(=O)CCCC(=O)N1CCC(Cc2ccc(C#Cc3ccccc3)cc2)CC1. The predicted octanol–water partition coefficient (Wildman–Crippen LogP) is 4.03. The van der Waals surface area contributed by atoms with Gasteiger partial charge in [-0.05, 0) is 61.4 Å². The Hall–Kier alpha value is -2.38. The van der Waals surface area contributed by atoms with Crippen LogP contribution in [0.1, 0.15) is 42.4 Å². The van der Waals surface area contributed by atoms with Crippen LogP contribution in [0.4, 0.5) is 0 Å². The molecule has 1 amide bonds. The van der Waals surface area contributed by atoms with Crippen LogP contribution in [0.3, 0.4) is 0 Å². The molecule has 2 aromatic carbocycles. The highest BCUT2D eigenvalue weighted by Gasteiger charge is 2.22. The lowest BCUT2D eigenvalue weighted by molar-refractivity contribution is -0.132. The van der Waals surface area contributed by atoms with E-state index in [4.69, 9.17) is 0 Å². The zero-order valence-electron chi connectivity index (χ0n) is 17.1. The summed E-state index contributed by atoms with van der Waals surface area (Å²) in [7, 11) is -0.808. The molecule has 0 aromatic heterocycles. The Bertz CT molecular complexity index is 873. The number of rotatable bonds is 6. The predicted molar refractivity (Wildman–Crippen MR) is 120 cm³/mol. The maximum absolute atomic E-state index is 12.3. The molecule has 1 unspecified atom stereocenters. The van der Waals surface area contributed by atoms with Crippen LogP contribution >= 0.6 is 0 Å². The van der Waals surface area contributed by atoms with Gasteiger partial charge in [-0.2, -0.15) is 0 Å². The number of hydrogen-bond acceptors (Lipinski definition) is 2. The second kappa shape index (κ2) is 11.0. The minimum absolute atomic E-state index is 0.218. The molecule has 3 rings (SSSR count). The topological polar surface area (TPSA) is 37.4 Å². The average Bonchev–Trinajstić information content (AvgIpc) is 2.74. The fourth-order valence-electron chi connectivity index (χ4n) is 3.69. The normalized spacial score (nSPS) is 15.4. The molecule has 3 nitrogen and oxygen atoms in total. The van der Waals surface area contributed by atoms with Crippen molar-refractivity contribution in [3.63, 3.8) is 0 Å². The highest BCUT2D eigenvalue weighted by molar-refractivity contribution is 7.84. The van der Waals surface area contributed by atoms with E-state index in [1.165, 1.54) is 5.56 Å². The van der Waals surface area contributed by atoms with Gasteiger partial charge in [0.2, 0.25) is 5.91 Å². The van der Waals surface area contributed by atoms with E-state index in [-0.39, 0.29) is 5.91 Å². The largest absolute Gasteiger partial charge is 0.343 e. The molecule has 0 spiro atoms. The van der Waals surface area contributed by atoms with Crippen LogP contribution in [0, 0.1) is 17.8 Å². The van der Waals surface area contributed by atoms with E-state index in [0.717, 1.165) is 49.9 Å². The maximum Gasteiger partial charge on any atom is 0.222 e. The highest BCUT2D eigenvalue weighted by atomic mass is 32.2. The van der Waals surface area contributed by atoms with Crippen LogP contribution in [0.15, 0.2) is 54.6 Å². The third-order valence-electron chi connectivity index (χ3n) is 5.39. The third kappa shape index (κ3) is 7.18. The zero-order chi connectivity index (χ0) is 20.5. The summed E-state index contributed by atoms with van der Waals surface area (Å²) in [5.41, 5.74) is 3.40. The van der Waals surface area contributed by atoms with E-state index >= 15 is 0 Å². The second-order valence-electron chi connectivity index (χ2n) is 7.72. The van der Waals surface area contributed by atoms with Gasteiger partial charge in [0.25, 0.3) is 0 Å². The fraction of sp³-hybridized carbons (Fsp3) is 0.400. The van der Waals surface area contributed by atoms with Crippen molar-refractivity contribution >= 4 is 16.7 Å². The number of benzene rings is 2. The van der Waals surface area contributed by atoms with Gasteiger partial charge in [-0.15, -0.1) is 0 Å². The summed E-state index contributed by atoms with van der Waals surface area (Å²) >= 11 is 0. The van der Waals surface area contributed by atoms with Gasteiger partial charge in [0.15, 0.2) is 0 Å². The summed E-state index contributed by atoms with van der Waals surface area (Å²) in [6.45, 7) is 1.69. The van der Waals surface area contributed by atoms with Crippen LogP contribution < -0.4 is 0 Å². The van der Waals surface area contributed by atoms with Crippen molar-refractivity contribution < 1.29 is 9.00 Å². The molecule has 0 radical (unpaired) electrons. The number of amides is 1. The average molecular weight is 408 g/mol. The maximum atomic E-state index is 12.3. The van der Waals surface area contributed by atoms with Crippen LogP contribution in [0.5, 0.6) is 0 Å². The molecule has 0 aliphatic carbocycles. The Labute approximate surface area is 177 Å². The zero-order valence-corrected chi connectivity index (χ0v) is 17.9. The summed E-state index contributed by atoms with van der Waals surface area (Å²) in [6, 6.07) is 18.6. The molecule has 2 aromatic rings. The summed E-state index contributed by atoms with van der Waals surface area (Å²) in [6.07, 6.45) is 6.11. The molecule has 1 fully saturated rings. The lowest BCUT2D eigenvalue weighted by atomic mass is 9.90. The summed E-state index contributed by atoms with van der Waals surface area (Å²) in [4.78, 5) is 14.2. The highest BCUT2D eigenvalue weighted by Crippen LogP contribution is 2.22. The first-order valence-corrected chi connectivity index (χ1v) is 12.1. The minimum Gasteiger partial charge on any atom is -0.343 e. The summed E-state index contributed by atoms with van der Waals surface area (Å²) in [5, 5.41) is 0. The minimum atomic E-state index is -0.808. The molecule has 152 valence electrons. The summed E-state index contributed by atoms with van der Waals surface area (Å²) < 4.78 is 11.1. The van der Waals surface area contributed by atoms with Crippen molar-refractivity contribution in [1.29, 1.82) is 0 Å². The Balaban J connectivity index is 1.44. The van der Waals surface area contributed by atoms with Gasteiger partial charge in [0.1, 0.15) is 0 Å². The Morgan fingerprint density at radius 2 is 1.62 bits per heavy atom. The lowest BCUT2D eigenvalue weighted by Crippen LogP contribution is -2.38. The van der Waals surface area contributed by atoms with Gasteiger partial charge in [0, 0.05) is 53.4 Å². The molecule has 29 heavy (non-hydrogen) atoms. The first-order chi connectivity index (χ1) is 14.1. The third-order valence-corrected chi connectivity index (χ3v) is 6.26. The molecular weight excluding hydrogens is 378 g/mol. The van der Waals surface area contributed by atoms with Crippen molar-refractivity contribution in [2.75, 3.05) is 25.1 Å². The molecule has 0 saturated carbocycles. The first-order valence-electron chi connectivity index (χ1n) is 10.3. The smallest absolute Gasteiger partial charge is 0.222 e. The van der Waals surface area contributed by atoms with Gasteiger partial charge < -0.3 is 4.90 Å². The van der Waals surface area contributed by atoms with E-state index < -0.39 is 10.8 Å². The van der Waals surface area contributed by atoms with Crippen LogP contribution in [0.25, 0.3) is 0 Å². The number of hydrogen-bond donors (Lipinski definition) is 0. The van der Waals surface area contributed by atoms with E-state index in [1.807, 2.05) is 35.2 Å². The van der Waals surface area contributed by atoms with Crippen molar-refractivity contribution in [3.8, 4) is 11.8 Å². The van der Waals surface area contributed by atoms with E-state index in [0.29, 0.717) is 18.1 Å². The quantitative estimate of drug-likeness (QED) is 0.678. The van der Waals surface area contributed by atoms with Gasteiger partial charge in [0.05, 0.1) is 0 Å². The molecule has 1 aliphatic heterocycles. The molecule has 1 heterocycles. The van der Waals surface area contributed by atoms with E-state index in [1.54, 1.807) is 6.26 Å². The fourth-order valence-corrected chi connectivity index (χ4v) is 4.25. The van der Waals surface area contributed by atoms with Crippen molar-refractivity contribution in [2.24, 2.45) is 5.92 Å². The van der Waals surface area contributed by atoms with Crippen molar-refractivity contribution in [2.45, 2.75) is 32.1 Å². The van der Waals surface area contributed by atoms with Crippen LogP contribution in [-0.4, -0.2) is 40.1 Å². The molecule has 0 N–H and O–H groups in total. The Morgan fingerprint density at radius 1 is 1.00 bits per heavy atom. The molecule has 0 bridgehead atoms. The molecular formula is C25H29NO2S. The Morgan fingerprint density at radius 3 is 2.24 bits per heavy atom. The molecule has 1 atom stereocenters. The van der Waals surface area contributed by atoms with Crippen molar-refractivity contribution in [3.05, 3.63) is 71.3 Å². The number of carbonyl (C=O) groups is 1. The summed E-state index contributed by atoms with van der Waals surface area (Å²) in [5.74, 6) is 7.88. The van der Waals surface area contributed by atoms with Gasteiger partial charge in [-0.1, -0.05) is 42.2 Å². The standard InChI is InChI=1S/C25H29NO2S/c1-29(28)19-5-8-25(27)26-17-15-24(16-18-26)20-23-13-11-22(12-14-23)10-9-21-6-3-2-4-7-21/h2-4,6-7,11-14,24H,5,8,15-20H2,1H3. The van der Waals surface area contributed by atoms with Crippen LogP contribution in [-0.2, 0) is 22.0 Å². The number of carbonyl (C=O) groups excluding carboxylic acids is 1. The molecule has 4 heteroatoms. The first kappa shape index (κ1) is 21.3. The van der Waals surface area contributed by atoms with E-state index in [9.17, 15) is 9.00 Å². The van der Waals surface area contributed by atoms with E-state index in [2.05, 4.69) is 36.1 Å². The number of piperidine rings is 1. The number of likely N-dealkylation sites (tertiary alicyclic amines) is 1.